The van der Waals surface area contributed by atoms with E-state index in [1.54, 1.807) is 6.20 Å². The Labute approximate surface area is 109 Å². The molecule has 1 atom stereocenters. The molecule has 0 aromatic carbocycles. The van der Waals surface area contributed by atoms with Crippen LogP contribution < -0.4 is 11.1 Å². The third kappa shape index (κ3) is 3.24. The molecule has 1 aliphatic rings. The molecule has 0 spiro atoms. The molecule has 92 valence electrons. The summed E-state index contributed by atoms with van der Waals surface area (Å²) >= 11 is 3.35. The fraction of sp³-hybridized carbons (Fsp3) is 0.455. The topological polar surface area (TPSA) is 71.2 Å². The van der Waals surface area contributed by atoms with Crippen molar-refractivity contribution < 1.29 is 4.79 Å². The number of carbonyl (C=O) groups is 1. The highest BCUT2D eigenvalue weighted by Gasteiger charge is 2.26. The molecule has 6 heteroatoms. The summed E-state index contributed by atoms with van der Waals surface area (Å²) in [5.74, 6) is -0.283. The average molecular weight is 299 g/mol. The molecule has 0 bridgehead atoms. The number of pyridine rings is 1. The Hall–Kier alpha value is -0.980. The number of amides is 1. The van der Waals surface area contributed by atoms with E-state index >= 15 is 0 Å². The molecule has 2 heterocycles. The van der Waals surface area contributed by atoms with Crippen molar-refractivity contribution in [1.29, 1.82) is 0 Å². The van der Waals surface area contributed by atoms with Crippen molar-refractivity contribution in [3.63, 3.8) is 0 Å². The van der Waals surface area contributed by atoms with E-state index in [1.807, 2.05) is 12.1 Å². The highest BCUT2D eigenvalue weighted by atomic mass is 79.9. The lowest BCUT2D eigenvalue weighted by Gasteiger charge is -2.33. The number of aromatic nitrogens is 1. The number of nitrogens with zero attached hydrogens (tertiary/aromatic N) is 2. The normalized spacial score (nSPS) is 21.4. The summed E-state index contributed by atoms with van der Waals surface area (Å²) in [4.78, 5) is 17.7. The van der Waals surface area contributed by atoms with Crippen molar-refractivity contribution in [2.75, 3.05) is 19.6 Å². The van der Waals surface area contributed by atoms with E-state index in [-0.39, 0.29) is 11.9 Å². The number of halogens is 1. The van der Waals surface area contributed by atoms with Gasteiger partial charge in [-0.25, -0.2) is 0 Å². The van der Waals surface area contributed by atoms with E-state index in [9.17, 15) is 4.79 Å². The second-order valence-electron chi connectivity index (χ2n) is 4.06. The first kappa shape index (κ1) is 12.5. The van der Waals surface area contributed by atoms with Gasteiger partial charge in [-0.15, -0.1) is 0 Å². The SMILES string of the molecule is NC(=O)C1CNCCN1Cc1ccc(Br)cn1. The van der Waals surface area contributed by atoms with E-state index in [4.69, 9.17) is 5.73 Å². The van der Waals surface area contributed by atoms with Crippen LogP contribution in [0, 0.1) is 0 Å². The Morgan fingerprint density at radius 3 is 3.12 bits per heavy atom. The van der Waals surface area contributed by atoms with Gasteiger partial charge in [-0.1, -0.05) is 0 Å². The van der Waals surface area contributed by atoms with Crippen molar-refractivity contribution in [3.8, 4) is 0 Å². The summed E-state index contributed by atoms with van der Waals surface area (Å²) in [6.45, 7) is 2.96. The van der Waals surface area contributed by atoms with Gasteiger partial charge >= 0.3 is 0 Å². The van der Waals surface area contributed by atoms with Crippen LogP contribution >= 0.6 is 15.9 Å². The fourth-order valence-corrected chi connectivity index (χ4v) is 2.16. The van der Waals surface area contributed by atoms with Crippen LogP contribution in [0.4, 0.5) is 0 Å². The van der Waals surface area contributed by atoms with Crippen LogP contribution in [0.15, 0.2) is 22.8 Å². The zero-order chi connectivity index (χ0) is 12.3. The molecular formula is C11H15BrN4O. The molecule has 0 radical (unpaired) electrons. The quantitative estimate of drug-likeness (QED) is 0.830. The Balaban J connectivity index is 2.05. The minimum atomic E-state index is -0.283. The molecule has 5 nitrogen and oxygen atoms in total. The fourth-order valence-electron chi connectivity index (χ4n) is 1.92. The average Bonchev–Trinajstić information content (AvgIpc) is 2.32. The van der Waals surface area contributed by atoms with Gasteiger partial charge in [0.1, 0.15) is 6.04 Å². The summed E-state index contributed by atoms with van der Waals surface area (Å²) in [6, 6.07) is 3.66. The number of rotatable bonds is 3. The monoisotopic (exact) mass is 298 g/mol. The van der Waals surface area contributed by atoms with Gasteiger partial charge < -0.3 is 11.1 Å². The predicted octanol–water partition coefficient (Wildman–Crippen LogP) is 0.103. The maximum atomic E-state index is 11.3. The molecule has 1 unspecified atom stereocenters. The van der Waals surface area contributed by atoms with Crippen LogP contribution in [0.5, 0.6) is 0 Å². The number of hydrogen-bond acceptors (Lipinski definition) is 4. The van der Waals surface area contributed by atoms with Crippen LogP contribution in [0.3, 0.4) is 0 Å². The van der Waals surface area contributed by atoms with Crippen molar-refractivity contribution in [2.24, 2.45) is 5.73 Å². The molecule has 1 saturated heterocycles. The number of nitrogens with two attached hydrogens (primary N) is 1. The Morgan fingerprint density at radius 1 is 1.65 bits per heavy atom. The smallest absolute Gasteiger partial charge is 0.236 e. The molecule has 0 aliphatic carbocycles. The molecule has 1 aromatic rings. The van der Waals surface area contributed by atoms with E-state index in [0.29, 0.717) is 13.1 Å². The third-order valence-corrected chi connectivity index (χ3v) is 3.31. The van der Waals surface area contributed by atoms with E-state index in [2.05, 4.69) is 31.1 Å². The van der Waals surface area contributed by atoms with Gasteiger partial charge in [0.15, 0.2) is 0 Å². The summed E-state index contributed by atoms with van der Waals surface area (Å²) in [5, 5.41) is 3.17. The van der Waals surface area contributed by atoms with Crippen molar-refractivity contribution in [2.45, 2.75) is 12.6 Å². The molecule has 1 fully saturated rings. The minimum absolute atomic E-state index is 0.241. The van der Waals surface area contributed by atoms with Gasteiger partial charge in [0.2, 0.25) is 5.91 Å². The first-order chi connectivity index (χ1) is 8.16. The lowest BCUT2D eigenvalue weighted by atomic mass is 10.1. The number of nitrogens with one attached hydrogen (secondary N) is 1. The molecule has 2 rings (SSSR count). The lowest BCUT2D eigenvalue weighted by Crippen LogP contribution is -2.56. The zero-order valence-electron chi connectivity index (χ0n) is 9.40. The summed E-state index contributed by atoms with van der Waals surface area (Å²) < 4.78 is 0.952. The van der Waals surface area contributed by atoms with Crippen molar-refractivity contribution in [1.82, 2.24) is 15.2 Å². The largest absolute Gasteiger partial charge is 0.368 e. The number of carbonyl (C=O) groups excluding carboxylic acids is 1. The molecule has 0 saturated carbocycles. The molecule has 3 N–H and O–H groups in total. The number of primary amides is 1. The first-order valence-corrected chi connectivity index (χ1v) is 6.30. The highest BCUT2D eigenvalue weighted by Crippen LogP contribution is 2.11. The zero-order valence-corrected chi connectivity index (χ0v) is 11.0. The maximum Gasteiger partial charge on any atom is 0.236 e. The van der Waals surface area contributed by atoms with Gasteiger partial charge in [-0.3, -0.25) is 14.7 Å². The van der Waals surface area contributed by atoms with Crippen LogP contribution in [0.25, 0.3) is 0 Å². The van der Waals surface area contributed by atoms with Gasteiger partial charge in [0.05, 0.1) is 5.69 Å². The van der Waals surface area contributed by atoms with E-state index < -0.39 is 0 Å². The van der Waals surface area contributed by atoms with E-state index in [0.717, 1.165) is 23.3 Å². The molecule has 1 amide bonds. The standard InChI is InChI=1S/C11H15BrN4O/c12-8-1-2-9(15-5-8)7-16-4-3-14-6-10(16)11(13)17/h1-2,5,10,14H,3-4,6-7H2,(H2,13,17). The summed E-state index contributed by atoms with van der Waals surface area (Å²) in [5.41, 5.74) is 6.33. The molecule has 1 aliphatic heterocycles. The predicted molar refractivity (Wildman–Crippen MR) is 68.2 cm³/mol. The summed E-state index contributed by atoms with van der Waals surface area (Å²) in [6.07, 6.45) is 1.76. The first-order valence-electron chi connectivity index (χ1n) is 5.51. The van der Waals surface area contributed by atoms with Crippen LogP contribution in [0.2, 0.25) is 0 Å². The van der Waals surface area contributed by atoms with Gasteiger partial charge in [0.25, 0.3) is 0 Å². The third-order valence-electron chi connectivity index (χ3n) is 2.84. The van der Waals surface area contributed by atoms with Crippen molar-refractivity contribution in [3.05, 3.63) is 28.5 Å². The minimum Gasteiger partial charge on any atom is -0.368 e. The maximum absolute atomic E-state index is 11.3. The van der Waals surface area contributed by atoms with E-state index in [1.165, 1.54) is 0 Å². The van der Waals surface area contributed by atoms with Crippen LogP contribution in [0.1, 0.15) is 5.69 Å². The van der Waals surface area contributed by atoms with Crippen LogP contribution in [-0.4, -0.2) is 41.5 Å². The molecule has 17 heavy (non-hydrogen) atoms. The highest BCUT2D eigenvalue weighted by molar-refractivity contribution is 9.10. The summed E-state index contributed by atoms with van der Waals surface area (Å²) in [7, 11) is 0. The Kier molecular flexibility index (Phi) is 4.09. The van der Waals surface area contributed by atoms with Gasteiger partial charge in [0, 0.05) is 36.8 Å². The van der Waals surface area contributed by atoms with Gasteiger partial charge in [-0.05, 0) is 28.1 Å². The van der Waals surface area contributed by atoms with Crippen molar-refractivity contribution >= 4 is 21.8 Å². The Morgan fingerprint density at radius 2 is 2.47 bits per heavy atom. The lowest BCUT2D eigenvalue weighted by molar-refractivity contribution is -0.124. The number of piperazine rings is 1. The van der Waals surface area contributed by atoms with Gasteiger partial charge in [-0.2, -0.15) is 0 Å². The Bertz CT molecular complexity index is 395. The molecular weight excluding hydrogens is 284 g/mol. The number of hydrogen-bond donors (Lipinski definition) is 2. The van der Waals surface area contributed by atoms with Crippen LogP contribution in [-0.2, 0) is 11.3 Å². The second kappa shape index (κ2) is 5.57. The second-order valence-corrected chi connectivity index (χ2v) is 4.98. The molecule has 1 aromatic heterocycles.